The third-order valence-electron chi connectivity index (χ3n) is 4.63. The Morgan fingerprint density at radius 1 is 1.26 bits per heavy atom. The summed E-state index contributed by atoms with van der Waals surface area (Å²) in [6.45, 7) is 8.83. The Kier molecular flexibility index (Phi) is 6.95. The van der Waals surface area contributed by atoms with Gasteiger partial charge in [-0.1, -0.05) is 25.1 Å². The van der Waals surface area contributed by atoms with E-state index in [4.69, 9.17) is 9.72 Å². The zero-order chi connectivity index (χ0) is 20.2. The van der Waals surface area contributed by atoms with Crippen LogP contribution >= 0.6 is 0 Å². The number of esters is 1. The number of nitrogens with zero attached hydrogens (tertiary/aromatic N) is 2. The highest BCUT2D eigenvalue weighted by molar-refractivity contribution is 7.90. The van der Waals surface area contributed by atoms with Crippen LogP contribution in [0.5, 0.6) is 0 Å². The lowest BCUT2D eigenvalue weighted by atomic mass is 10.0. The van der Waals surface area contributed by atoms with Gasteiger partial charge < -0.3 is 4.74 Å². The van der Waals surface area contributed by atoms with Crippen molar-refractivity contribution in [1.29, 1.82) is 0 Å². The molecule has 0 bridgehead atoms. The van der Waals surface area contributed by atoms with Crippen molar-refractivity contribution in [2.75, 3.05) is 25.2 Å². The lowest BCUT2D eigenvalue weighted by Gasteiger charge is -2.28. The van der Waals surface area contributed by atoms with Crippen molar-refractivity contribution in [3.8, 4) is 0 Å². The maximum atomic E-state index is 12.6. The standard InChI is InChI=1S/C20H28N2O4S/c1-6-22(14(3)13-27(5,24)25)12-18-19(20(23)26-7-2)15(4)16-10-8-9-11-17(16)21-18/h8-11,14H,6-7,12-13H2,1-5H3. The van der Waals surface area contributed by atoms with Crippen LogP contribution in [0.3, 0.4) is 0 Å². The van der Waals surface area contributed by atoms with Crippen LogP contribution in [-0.2, 0) is 21.1 Å². The largest absolute Gasteiger partial charge is 0.462 e. The van der Waals surface area contributed by atoms with Crippen molar-refractivity contribution in [2.45, 2.75) is 40.3 Å². The molecular weight excluding hydrogens is 364 g/mol. The number of pyridine rings is 1. The molecule has 1 atom stereocenters. The Bertz CT molecular complexity index is 925. The maximum absolute atomic E-state index is 12.6. The lowest BCUT2D eigenvalue weighted by Crippen LogP contribution is -2.38. The molecule has 0 aliphatic carbocycles. The molecule has 1 aromatic heterocycles. The molecule has 1 aromatic carbocycles. The number of aryl methyl sites for hydroxylation is 1. The first-order valence-corrected chi connectivity index (χ1v) is 11.2. The third kappa shape index (κ3) is 5.26. The van der Waals surface area contributed by atoms with Crippen molar-refractivity contribution in [1.82, 2.24) is 9.88 Å². The molecule has 7 heteroatoms. The highest BCUT2D eigenvalue weighted by atomic mass is 32.2. The summed E-state index contributed by atoms with van der Waals surface area (Å²) in [7, 11) is -3.10. The number of fused-ring (bicyclic) bond motifs is 1. The van der Waals surface area contributed by atoms with Gasteiger partial charge in [-0.25, -0.2) is 13.2 Å². The van der Waals surface area contributed by atoms with E-state index in [-0.39, 0.29) is 18.4 Å². The molecule has 0 N–H and O–H groups in total. The molecular formula is C20H28N2O4S. The number of carbonyl (C=O) groups excluding carboxylic acids is 1. The minimum absolute atomic E-state index is 0.0577. The van der Waals surface area contributed by atoms with Gasteiger partial charge in [0.25, 0.3) is 0 Å². The van der Waals surface area contributed by atoms with Crippen molar-refractivity contribution in [2.24, 2.45) is 0 Å². The van der Waals surface area contributed by atoms with Crippen LogP contribution in [0.1, 0.15) is 42.4 Å². The third-order valence-corrected chi connectivity index (χ3v) is 5.72. The van der Waals surface area contributed by atoms with Gasteiger partial charge in [0, 0.05) is 24.2 Å². The Morgan fingerprint density at radius 3 is 2.52 bits per heavy atom. The average molecular weight is 393 g/mol. The first kappa shape index (κ1) is 21.3. The molecule has 0 saturated heterocycles. The molecule has 1 unspecified atom stereocenters. The molecule has 148 valence electrons. The summed E-state index contributed by atoms with van der Waals surface area (Å²) in [4.78, 5) is 19.4. The number of hydrogen-bond donors (Lipinski definition) is 0. The molecule has 0 saturated carbocycles. The van der Waals surface area contributed by atoms with E-state index >= 15 is 0 Å². The molecule has 2 rings (SSSR count). The first-order valence-electron chi connectivity index (χ1n) is 9.15. The van der Waals surface area contributed by atoms with Gasteiger partial charge in [-0.05, 0) is 38.9 Å². The zero-order valence-corrected chi connectivity index (χ0v) is 17.5. The fraction of sp³-hybridized carbons (Fsp3) is 0.500. The highest BCUT2D eigenvalue weighted by Crippen LogP contribution is 2.25. The van der Waals surface area contributed by atoms with Gasteiger partial charge in [0.05, 0.1) is 29.1 Å². The van der Waals surface area contributed by atoms with E-state index in [2.05, 4.69) is 0 Å². The predicted octanol–water partition coefficient (Wildman–Crippen LogP) is 2.97. The van der Waals surface area contributed by atoms with Gasteiger partial charge in [-0.15, -0.1) is 0 Å². The van der Waals surface area contributed by atoms with Gasteiger partial charge in [0.15, 0.2) is 0 Å². The second-order valence-electron chi connectivity index (χ2n) is 6.80. The molecule has 0 radical (unpaired) electrons. The van der Waals surface area contributed by atoms with Crippen LogP contribution < -0.4 is 0 Å². The second-order valence-corrected chi connectivity index (χ2v) is 8.99. The topological polar surface area (TPSA) is 76.6 Å². The molecule has 0 amide bonds. The summed E-state index contributed by atoms with van der Waals surface area (Å²) in [6, 6.07) is 7.49. The van der Waals surface area contributed by atoms with E-state index in [1.165, 1.54) is 6.26 Å². The number of ether oxygens (including phenoxy) is 1. The van der Waals surface area contributed by atoms with Crippen LogP contribution in [0.15, 0.2) is 24.3 Å². The predicted molar refractivity (Wildman–Crippen MR) is 108 cm³/mol. The van der Waals surface area contributed by atoms with Crippen molar-refractivity contribution >= 4 is 26.7 Å². The maximum Gasteiger partial charge on any atom is 0.340 e. The summed E-state index contributed by atoms with van der Waals surface area (Å²) in [6.07, 6.45) is 1.24. The lowest BCUT2D eigenvalue weighted by molar-refractivity contribution is 0.0522. The second kappa shape index (κ2) is 8.80. The molecule has 0 spiro atoms. The van der Waals surface area contributed by atoms with E-state index in [1.807, 2.05) is 49.9 Å². The minimum Gasteiger partial charge on any atom is -0.462 e. The smallest absolute Gasteiger partial charge is 0.340 e. The number of rotatable bonds is 8. The SMILES string of the molecule is CCOC(=O)c1c(CN(CC)C(C)CS(C)(=O)=O)nc2ccccc2c1C. The number of hydrogen-bond acceptors (Lipinski definition) is 6. The number of aromatic nitrogens is 1. The molecule has 0 aliphatic heterocycles. The summed E-state index contributed by atoms with van der Waals surface area (Å²) in [5, 5.41) is 0.913. The minimum atomic E-state index is -3.10. The Labute approximate surface area is 161 Å². The highest BCUT2D eigenvalue weighted by Gasteiger charge is 2.24. The van der Waals surface area contributed by atoms with Gasteiger partial charge in [0.2, 0.25) is 0 Å². The summed E-state index contributed by atoms with van der Waals surface area (Å²) < 4.78 is 28.6. The van der Waals surface area contributed by atoms with Crippen LogP contribution in [0.4, 0.5) is 0 Å². The molecule has 6 nitrogen and oxygen atoms in total. The van der Waals surface area contributed by atoms with Gasteiger partial charge in [0.1, 0.15) is 9.84 Å². The Hall–Kier alpha value is -1.99. The summed E-state index contributed by atoms with van der Waals surface area (Å²) >= 11 is 0. The number of sulfone groups is 1. The molecule has 27 heavy (non-hydrogen) atoms. The monoisotopic (exact) mass is 392 g/mol. The van der Waals surface area contributed by atoms with Crippen molar-refractivity contribution < 1.29 is 17.9 Å². The molecule has 2 aromatic rings. The van der Waals surface area contributed by atoms with Gasteiger partial charge in [-0.2, -0.15) is 0 Å². The molecule has 1 heterocycles. The molecule has 0 fully saturated rings. The Morgan fingerprint density at radius 2 is 1.93 bits per heavy atom. The van der Waals surface area contributed by atoms with E-state index in [9.17, 15) is 13.2 Å². The summed E-state index contributed by atoms with van der Waals surface area (Å²) in [5.74, 6) is -0.336. The van der Waals surface area contributed by atoms with Crippen molar-refractivity contribution in [3.63, 3.8) is 0 Å². The van der Waals surface area contributed by atoms with Crippen LogP contribution in [0.2, 0.25) is 0 Å². The number of para-hydroxylation sites is 1. The molecule has 0 aliphatic rings. The number of carbonyl (C=O) groups is 1. The van der Waals surface area contributed by atoms with Crippen LogP contribution in [-0.4, -0.2) is 55.5 Å². The quantitative estimate of drug-likeness (QED) is 0.643. The fourth-order valence-corrected chi connectivity index (χ4v) is 4.43. The van der Waals surface area contributed by atoms with E-state index < -0.39 is 15.8 Å². The van der Waals surface area contributed by atoms with Gasteiger partial charge in [-0.3, -0.25) is 9.88 Å². The zero-order valence-electron chi connectivity index (χ0n) is 16.7. The van der Waals surface area contributed by atoms with Crippen molar-refractivity contribution in [3.05, 3.63) is 41.1 Å². The Balaban J connectivity index is 2.51. The normalized spacial score (nSPS) is 13.1. The van der Waals surface area contributed by atoms with Gasteiger partial charge >= 0.3 is 5.97 Å². The average Bonchev–Trinajstić information content (AvgIpc) is 2.58. The van der Waals surface area contributed by atoms with E-state index in [0.29, 0.717) is 24.3 Å². The first-order chi connectivity index (χ1) is 12.7. The fourth-order valence-electron chi connectivity index (χ4n) is 3.34. The van der Waals surface area contributed by atoms with Crippen LogP contribution in [0, 0.1) is 6.92 Å². The van der Waals surface area contributed by atoms with E-state index in [0.717, 1.165) is 16.5 Å². The van der Waals surface area contributed by atoms with Crippen LogP contribution in [0.25, 0.3) is 10.9 Å². The number of benzene rings is 1. The summed E-state index contributed by atoms with van der Waals surface area (Å²) in [5.41, 5.74) is 2.73. The van der Waals surface area contributed by atoms with E-state index in [1.54, 1.807) is 6.92 Å².